The van der Waals surface area contributed by atoms with E-state index < -0.39 is 111 Å². The zero-order valence-electron chi connectivity index (χ0n) is 25.9. The quantitative estimate of drug-likeness (QED) is 0.119. The van der Waals surface area contributed by atoms with Crippen LogP contribution in [-0.2, 0) is 23.7 Å². The predicted molar refractivity (Wildman–Crippen MR) is 152 cm³/mol. The Balaban J connectivity index is 1.23. The van der Waals surface area contributed by atoms with E-state index in [1.54, 1.807) is 0 Å². The predicted octanol–water partition coefficient (Wildman–Crippen LogP) is -4.64. The molecule has 20 unspecified atom stereocenters. The maximum absolute atomic E-state index is 11.0. The van der Waals surface area contributed by atoms with Crippen molar-refractivity contribution in [2.75, 3.05) is 6.61 Å². The smallest absolute Gasteiger partial charge is 0.187 e. The number of aliphatic hydroxyl groups excluding tert-OH is 10. The molecule has 4 heterocycles. The lowest BCUT2D eigenvalue weighted by molar-refractivity contribution is -0.383. The van der Waals surface area contributed by atoms with E-state index in [0.717, 1.165) is 0 Å². The normalized spacial score (nSPS) is 57.9. The summed E-state index contributed by atoms with van der Waals surface area (Å²) in [6.45, 7) is 2.97. The number of hydrogen-bond donors (Lipinski definition) is 10. The summed E-state index contributed by atoms with van der Waals surface area (Å²) in [5.41, 5.74) is 0. The van der Waals surface area contributed by atoms with Gasteiger partial charge in [0.25, 0.3) is 0 Å². The highest BCUT2D eigenvalue weighted by Gasteiger charge is 2.62. The van der Waals surface area contributed by atoms with E-state index in [1.165, 1.54) is 6.92 Å². The van der Waals surface area contributed by atoms with Crippen LogP contribution in [0, 0.1) is 17.8 Å². The molecule has 0 bridgehead atoms. The van der Waals surface area contributed by atoms with E-state index in [2.05, 4.69) is 0 Å². The van der Waals surface area contributed by atoms with Crippen LogP contribution in [0.25, 0.3) is 0 Å². The van der Waals surface area contributed by atoms with Crippen LogP contribution in [0.3, 0.4) is 0 Å². The highest BCUT2D eigenvalue weighted by Crippen LogP contribution is 2.50. The molecule has 46 heavy (non-hydrogen) atoms. The molecule has 0 radical (unpaired) electrons. The molecule has 2 aliphatic carbocycles. The minimum absolute atomic E-state index is 0.128. The van der Waals surface area contributed by atoms with Crippen LogP contribution in [0.2, 0.25) is 0 Å². The van der Waals surface area contributed by atoms with E-state index in [1.807, 2.05) is 6.92 Å². The largest absolute Gasteiger partial charge is 0.427 e. The standard InChI is InChI=1S/C30H50O16/c1-9-3-13-19-16(42-9)6-12(31)7-17(19)44-27(11-4-14(32)21(35)15(33)5-11)28(13)46-30-26(40)24(38)22(36)18(45-30)8-41-29-25(39)23(37)20(34)10(2)43-29/h9-40H,3-8H2,1-2H3/p+1. The maximum atomic E-state index is 11.0. The highest BCUT2D eigenvalue weighted by molar-refractivity contribution is 5.05. The molecule has 4 aliphatic heterocycles. The third-order valence-electron chi connectivity index (χ3n) is 11.1. The van der Waals surface area contributed by atoms with Crippen LogP contribution in [0.5, 0.6) is 0 Å². The van der Waals surface area contributed by atoms with Crippen LogP contribution < -0.4 is 0 Å². The number of ether oxygens (including phenoxy) is 6. The van der Waals surface area contributed by atoms with Gasteiger partial charge >= 0.3 is 0 Å². The molecule has 266 valence electrons. The van der Waals surface area contributed by atoms with Crippen molar-refractivity contribution in [2.45, 2.75) is 162 Å². The van der Waals surface area contributed by atoms with E-state index >= 15 is 0 Å². The van der Waals surface area contributed by atoms with Gasteiger partial charge in [0.05, 0.1) is 49.1 Å². The summed E-state index contributed by atoms with van der Waals surface area (Å²) in [7, 11) is 0. The van der Waals surface area contributed by atoms with Crippen molar-refractivity contribution in [1.82, 2.24) is 0 Å². The van der Waals surface area contributed by atoms with Gasteiger partial charge in [-0.2, -0.15) is 0 Å². The molecule has 11 N–H and O–H groups in total. The Labute approximate surface area is 266 Å². The summed E-state index contributed by atoms with van der Waals surface area (Å²) in [5.74, 6) is -0.766. The van der Waals surface area contributed by atoms with Gasteiger partial charge in [-0.15, -0.1) is 0 Å². The molecule has 0 aromatic heterocycles. The van der Waals surface area contributed by atoms with Gasteiger partial charge in [-0.3, -0.25) is 0 Å². The molecule has 0 spiro atoms. The molecule has 0 aromatic rings. The number of rotatable bonds is 6. The summed E-state index contributed by atoms with van der Waals surface area (Å²) in [6, 6.07) is 0. The summed E-state index contributed by atoms with van der Waals surface area (Å²) >= 11 is 0. The Kier molecular flexibility index (Phi) is 10.7. The van der Waals surface area contributed by atoms with Crippen molar-refractivity contribution in [2.24, 2.45) is 17.8 Å². The first-order valence-corrected chi connectivity index (χ1v) is 16.5. The minimum Gasteiger partial charge on any atom is -0.427 e. The molecule has 4 saturated heterocycles. The summed E-state index contributed by atoms with van der Waals surface area (Å²) in [5, 5.41) is 105. The Bertz CT molecular complexity index is 1010. The van der Waals surface area contributed by atoms with Gasteiger partial charge in [-0.05, 0) is 33.1 Å². The Morgan fingerprint density at radius 1 is 0.652 bits per heavy atom. The molecule has 0 aromatic carbocycles. The first-order chi connectivity index (χ1) is 21.7. The fourth-order valence-corrected chi connectivity index (χ4v) is 8.64. The van der Waals surface area contributed by atoms with E-state index in [-0.39, 0.29) is 43.0 Å². The molecule has 6 aliphatic rings. The van der Waals surface area contributed by atoms with Gasteiger partial charge in [0.1, 0.15) is 54.9 Å². The minimum atomic E-state index is -1.72. The van der Waals surface area contributed by atoms with Crippen LogP contribution in [-0.4, -0.2) is 179 Å². The zero-order chi connectivity index (χ0) is 33.2. The second kappa shape index (κ2) is 13.9. The van der Waals surface area contributed by atoms with Crippen molar-refractivity contribution in [3.8, 4) is 0 Å². The lowest BCUT2D eigenvalue weighted by Gasteiger charge is -2.55. The molecule has 20 atom stereocenters. The van der Waals surface area contributed by atoms with Crippen molar-refractivity contribution < 1.29 is 79.5 Å². The summed E-state index contributed by atoms with van der Waals surface area (Å²) in [6.07, 6.45) is -19.4. The SMILES string of the molecule is CC1CC2C(OC3OC(COC4OC(C)C(O)C(O)C4O)C(O)C(O)C3O)C(C3CC(O)C(O)C(O)C3)[OH+]C3CC(O)CC(O1)C32. The van der Waals surface area contributed by atoms with Crippen molar-refractivity contribution in [3.63, 3.8) is 0 Å². The number of aliphatic hydroxyl groups is 12. The van der Waals surface area contributed by atoms with Crippen molar-refractivity contribution in [1.29, 1.82) is 0 Å². The lowest BCUT2D eigenvalue weighted by atomic mass is 9.64. The monoisotopic (exact) mass is 667 g/mol. The van der Waals surface area contributed by atoms with Crippen LogP contribution in [0.4, 0.5) is 0 Å². The molecule has 6 rings (SSSR count). The van der Waals surface area contributed by atoms with Gasteiger partial charge in [-0.1, -0.05) is 0 Å². The first-order valence-electron chi connectivity index (χ1n) is 16.5. The van der Waals surface area contributed by atoms with Crippen molar-refractivity contribution in [3.05, 3.63) is 0 Å². The molecule has 16 heteroatoms. The Morgan fingerprint density at radius 2 is 1.30 bits per heavy atom. The van der Waals surface area contributed by atoms with Gasteiger partial charge in [0.2, 0.25) is 0 Å². The second-order valence-electron chi connectivity index (χ2n) is 14.3. The van der Waals surface area contributed by atoms with Crippen molar-refractivity contribution >= 4 is 0 Å². The van der Waals surface area contributed by atoms with Gasteiger partial charge in [0, 0.05) is 24.7 Å². The average molecular weight is 668 g/mol. The van der Waals surface area contributed by atoms with E-state index in [9.17, 15) is 51.1 Å². The second-order valence-corrected chi connectivity index (χ2v) is 14.3. The average Bonchev–Trinajstić information content (AvgIpc) is 3.00. The fraction of sp³-hybridized carbons (Fsp3) is 1.00. The van der Waals surface area contributed by atoms with E-state index in [0.29, 0.717) is 19.3 Å². The first kappa shape index (κ1) is 35.2. The zero-order valence-corrected chi connectivity index (χ0v) is 25.9. The summed E-state index contributed by atoms with van der Waals surface area (Å²) in [4.78, 5) is 0. The van der Waals surface area contributed by atoms with Crippen LogP contribution >= 0.6 is 0 Å². The van der Waals surface area contributed by atoms with E-state index in [4.69, 9.17) is 28.4 Å². The topological polar surface area (TPSA) is 261 Å². The Hall–Kier alpha value is -0.640. The number of hydrogen-bond acceptors (Lipinski definition) is 15. The fourth-order valence-electron chi connectivity index (χ4n) is 8.64. The molecule has 6 fully saturated rings. The third kappa shape index (κ3) is 6.63. The molecule has 16 nitrogen and oxygen atoms in total. The highest BCUT2D eigenvalue weighted by atomic mass is 16.7. The third-order valence-corrected chi connectivity index (χ3v) is 11.1. The lowest BCUT2D eigenvalue weighted by Crippen LogP contribution is -2.68. The van der Waals surface area contributed by atoms with Crippen LogP contribution in [0.15, 0.2) is 0 Å². The molecule has 2 saturated carbocycles. The maximum Gasteiger partial charge on any atom is 0.187 e. The van der Waals surface area contributed by atoms with Crippen LogP contribution in [0.1, 0.15) is 46.0 Å². The molecular formula is C30H51O16+. The summed E-state index contributed by atoms with van der Waals surface area (Å²) < 4.78 is 34.9. The molecular weight excluding hydrogens is 616 g/mol. The van der Waals surface area contributed by atoms with Gasteiger partial charge in [-0.25, -0.2) is 0 Å². The van der Waals surface area contributed by atoms with Gasteiger partial charge < -0.3 is 79.5 Å². The Morgan fingerprint density at radius 3 is 2.00 bits per heavy atom. The molecule has 0 amide bonds. The van der Waals surface area contributed by atoms with Gasteiger partial charge in [0.15, 0.2) is 24.8 Å².